The molecule has 2 rings (SSSR count). The quantitative estimate of drug-likeness (QED) is 0.526. The van der Waals surface area contributed by atoms with Gasteiger partial charge in [-0.3, -0.25) is 4.79 Å². The van der Waals surface area contributed by atoms with E-state index in [4.69, 9.17) is 4.74 Å². The number of rotatable bonds is 2. The Morgan fingerprint density at radius 1 is 1.43 bits per heavy atom. The van der Waals surface area contributed by atoms with Gasteiger partial charge >= 0.3 is 0 Å². The minimum Gasteiger partial charge on any atom is -0.501 e. The third kappa shape index (κ3) is 1.43. The van der Waals surface area contributed by atoms with E-state index >= 15 is 0 Å². The third-order valence-corrected chi connectivity index (χ3v) is 2.33. The van der Waals surface area contributed by atoms with Crippen LogP contribution in [0.25, 0.3) is 0 Å². The van der Waals surface area contributed by atoms with Gasteiger partial charge in [-0.15, -0.1) is 0 Å². The van der Waals surface area contributed by atoms with Crippen molar-refractivity contribution < 1.29 is 9.53 Å². The van der Waals surface area contributed by atoms with Crippen molar-refractivity contribution in [3.8, 4) is 0 Å². The Morgan fingerprint density at radius 2 is 2.21 bits per heavy atom. The number of fused-ring (bicyclic) bond motifs is 1. The molecule has 0 saturated heterocycles. The van der Waals surface area contributed by atoms with Crippen molar-refractivity contribution in [2.24, 2.45) is 0 Å². The highest BCUT2D eigenvalue weighted by atomic mass is 16.5. The first kappa shape index (κ1) is 9.00. The fourth-order valence-corrected chi connectivity index (χ4v) is 1.63. The molecule has 1 aromatic carbocycles. The molecule has 0 spiro atoms. The maximum absolute atomic E-state index is 11.8. The average Bonchev–Trinajstić information content (AvgIpc) is 2.54. The van der Waals surface area contributed by atoms with Crippen molar-refractivity contribution in [3.63, 3.8) is 0 Å². The molecule has 0 saturated carbocycles. The Bertz CT molecular complexity index is 391. The second kappa shape index (κ2) is 3.66. The van der Waals surface area contributed by atoms with Crippen LogP contribution in [-0.4, -0.2) is 12.4 Å². The van der Waals surface area contributed by atoms with Crippen molar-refractivity contribution in [1.29, 1.82) is 0 Å². The number of carbonyl (C=O) groups is 1. The zero-order valence-electron chi connectivity index (χ0n) is 8.12. The van der Waals surface area contributed by atoms with Crippen molar-refractivity contribution in [3.05, 3.63) is 47.2 Å². The van der Waals surface area contributed by atoms with Crippen molar-refractivity contribution in [1.82, 2.24) is 0 Å². The summed E-state index contributed by atoms with van der Waals surface area (Å²) < 4.78 is 5.14. The van der Waals surface area contributed by atoms with Gasteiger partial charge in [-0.2, -0.15) is 0 Å². The molecule has 1 aliphatic carbocycles. The van der Waals surface area contributed by atoms with Gasteiger partial charge in [-0.05, 0) is 12.5 Å². The van der Waals surface area contributed by atoms with E-state index in [2.05, 4.69) is 0 Å². The standard InChI is InChI=1S/C12H12O2/c1-2-14-8-10-7-9-5-3-4-6-11(9)12(10)13/h3-6,8H,2,7H2,1H3/b10-8+. The molecule has 1 aromatic rings. The molecule has 0 N–H and O–H groups in total. The normalized spacial score (nSPS) is 17.2. The van der Waals surface area contributed by atoms with E-state index in [0.717, 1.165) is 16.7 Å². The summed E-state index contributed by atoms with van der Waals surface area (Å²) in [6.45, 7) is 2.51. The van der Waals surface area contributed by atoms with Crippen LogP contribution >= 0.6 is 0 Å². The lowest BCUT2D eigenvalue weighted by Gasteiger charge is -1.95. The van der Waals surface area contributed by atoms with Gasteiger partial charge in [0.25, 0.3) is 0 Å². The van der Waals surface area contributed by atoms with Crippen LogP contribution in [0.5, 0.6) is 0 Å². The molecular weight excluding hydrogens is 176 g/mol. The van der Waals surface area contributed by atoms with Crippen LogP contribution in [-0.2, 0) is 11.2 Å². The number of hydrogen-bond acceptors (Lipinski definition) is 2. The maximum Gasteiger partial charge on any atom is 0.192 e. The zero-order chi connectivity index (χ0) is 9.97. The molecule has 2 nitrogen and oxygen atoms in total. The first-order valence-electron chi connectivity index (χ1n) is 4.76. The van der Waals surface area contributed by atoms with E-state index in [9.17, 15) is 4.79 Å². The second-order valence-corrected chi connectivity index (χ2v) is 3.26. The van der Waals surface area contributed by atoms with Gasteiger partial charge in [0, 0.05) is 17.6 Å². The fraction of sp³-hybridized carbons (Fsp3) is 0.250. The summed E-state index contributed by atoms with van der Waals surface area (Å²) in [7, 11) is 0. The number of hydrogen-bond donors (Lipinski definition) is 0. The highest BCUT2D eigenvalue weighted by molar-refractivity contribution is 6.12. The van der Waals surface area contributed by atoms with Crippen LogP contribution in [0.2, 0.25) is 0 Å². The number of ketones is 1. The van der Waals surface area contributed by atoms with Gasteiger partial charge in [0.15, 0.2) is 5.78 Å². The van der Waals surface area contributed by atoms with Crippen molar-refractivity contribution in [2.45, 2.75) is 13.3 Å². The van der Waals surface area contributed by atoms with Gasteiger partial charge in [0.05, 0.1) is 12.9 Å². The molecule has 0 unspecified atom stereocenters. The van der Waals surface area contributed by atoms with Gasteiger partial charge < -0.3 is 4.74 Å². The van der Waals surface area contributed by atoms with E-state index in [1.54, 1.807) is 6.26 Å². The Morgan fingerprint density at radius 3 is 2.93 bits per heavy atom. The first-order chi connectivity index (χ1) is 6.83. The molecule has 0 amide bonds. The lowest BCUT2D eigenvalue weighted by atomic mass is 10.1. The molecule has 0 radical (unpaired) electrons. The zero-order valence-corrected chi connectivity index (χ0v) is 8.12. The predicted molar refractivity (Wildman–Crippen MR) is 54.2 cm³/mol. The molecule has 1 aliphatic rings. The molecule has 14 heavy (non-hydrogen) atoms. The highest BCUT2D eigenvalue weighted by Crippen LogP contribution is 2.25. The minimum absolute atomic E-state index is 0.106. The molecule has 72 valence electrons. The summed E-state index contributed by atoms with van der Waals surface area (Å²) in [6, 6.07) is 7.69. The second-order valence-electron chi connectivity index (χ2n) is 3.26. The minimum atomic E-state index is 0.106. The van der Waals surface area contributed by atoms with E-state index < -0.39 is 0 Å². The van der Waals surface area contributed by atoms with Crippen LogP contribution in [0.4, 0.5) is 0 Å². The number of benzene rings is 1. The van der Waals surface area contributed by atoms with Crippen LogP contribution in [0, 0.1) is 0 Å². The summed E-state index contributed by atoms with van der Waals surface area (Å²) >= 11 is 0. The molecule has 0 atom stereocenters. The first-order valence-corrected chi connectivity index (χ1v) is 4.76. The number of ether oxygens (including phenoxy) is 1. The van der Waals surface area contributed by atoms with Crippen LogP contribution in [0.1, 0.15) is 22.8 Å². The van der Waals surface area contributed by atoms with Gasteiger partial charge in [0.2, 0.25) is 0 Å². The van der Waals surface area contributed by atoms with E-state index in [1.807, 2.05) is 31.2 Å². The molecule has 0 bridgehead atoms. The number of carbonyl (C=O) groups excluding carboxylic acids is 1. The highest BCUT2D eigenvalue weighted by Gasteiger charge is 2.24. The lowest BCUT2D eigenvalue weighted by molar-refractivity contribution is 0.103. The van der Waals surface area contributed by atoms with Gasteiger partial charge in [-0.1, -0.05) is 24.3 Å². The summed E-state index contributed by atoms with van der Waals surface area (Å²) in [6.07, 6.45) is 2.29. The fourth-order valence-electron chi connectivity index (χ4n) is 1.63. The van der Waals surface area contributed by atoms with Gasteiger partial charge in [-0.25, -0.2) is 0 Å². The van der Waals surface area contributed by atoms with E-state index in [0.29, 0.717) is 13.0 Å². The smallest absolute Gasteiger partial charge is 0.192 e. The van der Waals surface area contributed by atoms with Crippen molar-refractivity contribution >= 4 is 5.78 Å². The van der Waals surface area contributed by atoms with Crippen LogP contribution in [0.3, 0.4) is 0 Å². The summed E-state index contributed by atoms with van der Waals surface area (Å²) in [5, 5.41) is 0. The Hall–Kier alpha value is -1.57. The number of allylic oxidation sites excluding steroid dienone is 1. The van der Waals surface area contributed by atoms with Crippen LogP contribution in [0.15, 0.2) is 36.1 Å². The summed E-state index contributed by atoms with van der Waals surface area (Å²) in [5.74, 6) is 0.106. The third-order valence-electron chi connectivity index (χ3n) is 2.33. The van der Waals surface area contributed by atoms with Crippen molar-refractivity contribution in [2.75, 3.05) is 6.61 Å². The number of Topliss-reactive ketones (excluding diaryl/α,β-unsaturated/α-hetero) is 1. The maximum atomic E-state index is 11.8. The molecule has 0 heterocycles. The lowest BCUT2D eigenvalue weighted by Crippen LogP contribution is -1.96. The Labute approximate surface area is 83.2 Å². The molecular formula is C12H12O2. The van der Waals surface area contributed by atoms with Crippen LogP contribution < -0.4 is 0 Å². The predicted octanol–water partition coefficient (Wildman–Crippen LogP) is 2.35. The molecule has 2 heteroatoms. The average molecular weight is 188 g/mol. The largest absolute Gasteiger partial charge is 0.501 e. The SMILES string of the molecule is CCO/C=C1\Cc2ccccc2C1=O. The monoisotopic (exact) mass is 188 g/mol. The Balaban J connectivity index is 2.30. The van der Waals surface area contributed by atoms with E-state index in [-0.39, 0.29) is 5.78 Å². The molecule has 0 fully saturated rings. The Kier molecular flexibility index (Phi) is 2.35. The summed E-state index contributed by atoms with van der Waals surface area (Å²) in [5.41, 5.74) is 2.68. The topological polar surface area (TPSA) is 26.3 Å². The van der Waals surface area contributed by atoms with Gasteiger partial charge in [0.1, 0.15) is 0 Å². The van der Waals surface area contributed by atoms with E-state index in [1.165, 1.54) is 0 Å². The summed E-state index contributed by atoms with van der Waals surface area (Å²) in [4.78, 5) is 11.8. The molecule has 0 aromatic heterocycles. The molecule has 0 aliphatic heterocycles.